The van der Waals surface area contributed by atoms with Crippen LogP contribution in [0.5, 0.6) is 5.88 Å². The molecule has 3 rings (SSSR count). The van der Waals surface area contributed by atoms with Crippen molar-refractivity contribution in [3.05, 3.63) is 42.2 Å². The van der Waals surface area contributed by atoms with Crippen molar-refractivity contribution in [1.29, 1.82) is 0 Å². The molecule has 0 saturated carbocycles. The number of carbonyl (C=O) groups is 1. The molecule has 6 nitrogen and oxygen atoms in total. The summed E-state index contributed by atoms with van der Waals surface area (Å²) in [5.41, 5.74) is 1.08. The summed E-state index contributed by atoms with van der Waals surface area (Å²) in [6.45, 7) is 4.42. The minimum atomic E-state index is -0.251. The average Bonchev–Trinajstić information content (AvgIpc) is 2.64. The first-order valence-electron chi connectivity index (χ1n) is 8.38. The molecule has 6 heteroatoms. The second-order valence-electron chi connectivity index (χ2n) is 5.70. The van der Waals surface area contributed by atoms with Crippen molar-refractivity contribution in [2.75, 3.05) is 29.9 Å². The number of rotatable bonds is 5. The number of piperidine rings is 1. The van der Waals surface area contributed by atoms with E-state index in [1.807, 2.05) is 19.1 Å². The summed E-state index contributed by atoms with van der Waals surface area (Å²) in [5, 5.41) is 2.85. The number of aromatic nitrogens is 2. The van der Waals surface area contributed by atoms with Crippen molar-refractivity contribution in [2.24, 2.45) is 0 Å². The maximum atomic E-state index is 12.4. The van der Waals surface area contributed by atoms with Gasteiger partial charge in [-0.3, -0.25) is 4.79 Å². The topological polar surface area (TPSA) is 67.3 Å². The summed E-state index contributed by atoms with van der Waals surface area (Å²) in [4.78, 5) is 23.3. The molecule has 0 spiro atoms. The van der Waals surface area contributed by atoms with E-state index in [0.717, 1.165) is 18.9 Å². The number of amides is 1. The lowest BCUT2D eigenvalue weighted by Gasteiger charge is -2.27. The summed E-state index contributed by atoms with van der Waals surface area (Å²) in [7, 11) is 0. The number of hydrogen-bond acceptors (Lipinski definition) is 5. The van der Waals surface area contributed by atoms with Gasteiger partial charge in [-0.2, -0.15) is 0 Å². The predicted molar refractivity (Wildman–Crippen MR) is 93.7 cm³/mol. The molecular weight excluding hydrogens is 304 g/mol. The SMILES string of the molecule is CCOc1ncccc1C(=O)Nc1ccc(N2CCCCC2)nc1. The Morgan fingerprint density at radius 1 is 1.21 bits per heavy atom. The Morgan fingerprint density at radius 3 is 2.75 bits per heavy atom. The van der Waals surface area contributed by atoms with Crippen molar-refractivity contribution in [2.45, 2.75) is 26.2 Å². The molecule has 1 aliphatic rings. The van der Waals surface area contributed by atoms with E-state index in [1.165, 1.54) is 19.3 Å². The number of carbonyl (C=O) groups excluding carboxylic acids is 1. The Kier molecular flexibility index (Phi) is 5.25. The second kappa shape index (κ2) is 7.77. The van der Waals surface area contributed by atoms with E-state index in [9.17, 15) is 4.79 Å². The minimum absolute atomic E-state index is 0.251. The third-order valence-corrected chi connectivity index (χ3v) is 3.98. The van der Waals surface area contributed by atoms with Crippen molar-refractivity contribution in [3.63, 3.8) is 0 Å². The maximum absolute atomic E-state index is 12.4. The van der Waals surface area contributed by atoms with E-state index in [1.54, 1.807) is 24.5 Å². The highest BCUT2D eigenvalue weighted by molar-refractivity contribution is 6.05. The molecule has 2 aromatic rings. The van der Waals surface area contributed by atoms with Crippen molar-refractivity contribution in [3.8, 4) is 5.88 Å². The molecule has 1 N–H and O–H groups in total. The molecule has 1 aliphatic heterocycles. The van der Waals surface area contributed by atoms with Crippen LogP contribution in [0.15, 0.2) is 36.7 Å². The third-order valence-electron chi connectivity index (χ3n) is 3.98. The van der Waals surface area contributed by atoms with E-state index in [2.05, 4.69) is 20.2 Å². The van der Waals surface area contributed by atoms with Crippen molar-refractivity contribution < 1.29 is 9.53 Å². The number of hydrogen-bond donors (Lipinski definition) is 1. The Balaban J connectivity index is 1.68. The van der Waals surface area contributed by atoms with Gasteiger partial charge in [-0.05, 0) is 50.5 Å². The van der Waals surface area contributed by atoms with Crippen LogP contribution in [-0.4, -0.2) is 35.6 Å². The molecule has 0 atom stereocenters. The summed E-state index contributed by atoms with van der Waals surface area (Å²) in [5.74, 6) is 1.05. The smallest absolute Gasteiger partial charge is 0.261 e. The summed E-state index contributed by atoms with van der Waals surface area (Å²) < 4.78 is 5.40. The quantitative estimate of drug-likeness (QED) is 0.914. The number of nitrogens with zero attached hydrogens (tertiary/aromatic N) is 3. The molecule has 0 unspecified atom stereocenters. The molecule has 1 saturated heterocycles. The Morgan fingerprint density at radius 2 is 2.04 bits per heavy atom. The zero-order valence-electron chi connectivity index (χ0n) is 13.9. The van der Waals surface area contributed by atoms with E-state index >= 15 is 0 Å². The first-order valence-corrected chi connectivity index (χ1v) is 8.38. The second-order valence-corrected chi connectivity index (χ2v) is 5.70. The van der Waals surface area contributed by atoms with Crippen molar-refractivity contribution >= 4 is 17.4 Å². The molecule has 3 heterocycles. The zero-order valence-corrected chi connectivity index (χ0v) is 13.9. The third kappa shape index (κ3) is 3.82. The van der Waals surface area contributed by atoms with E-state index in [4.69, 9.17) is 4.74 Å². The van der Waals surface area contributed by atoms with Gasteiger partial charge in [0.2, 0.25) is 5.88 Å². The Hall–Kier alpha value is -2.63. The number of pyridine rings is 2. The normalized spacial score (nSPS) is 14.3. The largest absolute Gasteiger partial charge is 0.477 e. The van der Waals surface area contributed by atoms with Crippen LogP contribution in [0.25, 0.3) is 0 Å². The standard InChI is InChI=1S/C18H22N4O2/c1-2-24-18-15(7-6-10-19-18)17(23)21-14-8-9-16(20-13-14)22-11-4-3-5-12-22/h6-10,13H,2-5,11-12H2,1H3,(H,21,23). The van der Waals surface area contributed by atoms with Crippen molar-refractivity contribution in [1.82, 2.24) is 9.97 Å². The summed E-state index contributed by atoms with van der Waals surface area (Å²) in [6, 6.07) is 7.25. The van der Waals surface area contributed by atoms with Gasteiger partial charge in [-0.1, -0.05) is 0 Å². The summed E-state index contributed by atoms with van der Waals surface area (Å²) in [6.07, 6.45) is 7.01. The molecule has 2 aromatic heterocycles. The fourth-order valence-corrected chi connectivity index (χ4v) is 2.78. The maximum Gasteiger partial charge on any atom is 0.261 e. The first-order chi connectivity index (χ1) is 11.8. The van der Waals surface area contributed by atoms with Gasteiger partial charge in [0.1, 0.15) is 11.4 Å². The Labute approximate surface area is 141 Å². The van der Waals surface area contributed by atoms with Gasteiger partial charge < -0.3 is 15.0 Å². The molecule has 126 valence electrons. The fraction of sp³-hybridized carbons (Fsp3) is 0.389. The number of anilines is 2. The molecular formula is C18H22N4O2. The number of nitrogens with one attached hydrogen (secondary N) is 1. The molecule has 24 heavy (non-hydrogen) atoms. The molecule has 0 radical (unpaired) electrons. The van der Waals surface area contributed by atoms with E-state index in [-0.39, 0.29) is 5.91 Å². The van der Waals surface area contributed by atoms with Crippen LogP contribution in [0.4, 0.5) is 11.5 Å². The average molecular weight is 326 g/mol. The van der Waals surface area contributed by atoms with E-state index < -0.39 is 0 Å². The highest BCUT2D eigenvalue weighted by atomic mass is 16.5. The lowest BCUT2D eigenvalue weighted by atomic mass is 10.1. The van der Waals surface area contributed by atoms with E-state index in [0.29, 0.717) is 23.7 Å². The Bertz CT molecular complexity index is 682. The monoisotopic (exact) mass is 326 g/mol. The van der Waals surface area contributed by atoms with Gasteiger partial charge in [0.15, 0.2) is 0 Å². The highest BCUT2D eigenvalue weighted by Gasteiger charge is 2.15. The molecule has 0 aromatic carbocycles. The van der Waals surface area contributed by atoms with Gasteiger partial charge in [0, 0.05) is 19.3 Å². The summed E-state index contributed by atoms with van der Waals surface area (Å²) >= 11 is 0. The predicted octanol–water partition coefficient (Wildman–Crippen LogP) is 3.12. The fourth-order valence-electron chi connectivity index (χ4n) is 2.78. The molecule has 1 amide bonds. The molecule has 0 aliphatic carbocycles. The molecule has 0 bridgehead atoms. The first kappa shape index (κ1) is 16.2. The van der Waals surface area contributed by atoms with Crippen LogP contribution in [0.3, 0.4) is 0 Å². The lowest BCUT2D eigenvalue weighted by molar-refractivity contribution is 0.102. The zero-order chi connectivity index (χ0) is 16.8. The highest BCUT2D eigenvalue weighted by Crippen LogP contribution is 2.20. The van der Waals surface area contributed by atoms with Crippen LogP contribution < -0.4 is 15.0 Å². The lowest BCUT2D eigenvalue weighted by Crippen LogP contribution is -2.30. The van der Waals surface area contributed by atoms with Gasteiger partial charge >= 0.3 is 0 Å². The van der Waals surface area contributed by atoms with Gasteiger partial charge in [-0.25, -0.2) is 9.97 Å². The van der Waals surface area contributed by atoms with Gasteiger partial charge in [0.25, 0.3) is 5.91 Å². The van der Waals surface area contributed by atoms with Crippen LogP contribution in [-0.2, 0) is 0 Å². The van der Waals surface area contributed by atoms with Gasteiger partial charge in [0.05, 0.1) is 18.5 Å². The number of ether oxygens (including phenoxy) is 1. The van der Waals surface area contributed by atoms with Crippen LogP contribution in [0.1, 0.15) is 36.5 Å². The minimum Gasteiger partial charge on any atom is -0.477 e. The van der Waals surface area contributed by atoms with Crippen LogP contribution in [0.2, 0.25) is 0 Å². The molecule has 1 fully saturated rings. The van der Waals surface area contributed by atoms with Gasteiger partial charge in [-0.15, -0.1) is 0 Å². The van der Waals surface area contributed by atoms with Crippen LogP contribution in [0, 0.1) is 0 Å². The van der Waals surface area contributed by atoms with Crippen LogP contribution >= 0.6 is 0 Å².